The minimum atomic E-state index is -0.471. The van der Waals surface area contributed by atoms with Crippen LogP contribution < -0.4 is 10.6 Å². The van der Waals surface area contributed by atoms with Crippen molar-refractivity contribution in [2.24, 2.45) is 0 Å². The Bertz CT molecular complexity index is 814. The van der Waals surface area contributed by atoms with E-state index in [1.54, 1.807) is 0 Å². The number of amides is 1. The number of para-hydroxylation sites is 1. The van der Waals surface area contributed by atoms with Crippen LogP contribution in [0.25, 0.3) is 0 Å². The molecule has 2 aromatic rings. The second-order valence-electron chi connectivity index (χ2n) is 7.71. The summed E-state index contributed by atoms with van der Waals surface area (Å²) >= 11 is 1.82. The summed E-state index contributed by atoms with van der Waals surface area (Å²) in [4.78, 5) is 16.5. The minimum absolute atomic E-state index is 0.00451. The number of benzene rings is 1. The molecule has 1 aromatic heterocycles. The molecule has 5 nitrogen and oxygen atoms in total. The molecule has 2 fully saturated rings. The van der Waals surface area contributed by atoms with E-state index in [0.29, 0.717) is 12.2 Å². The van der Waals surface area contributed by atoms with Crippen molar-refractivity contribution in [1.29, 1.82) is 0 Å². The van der Waals surface area contributed by atoms with Gasteiger partial charge in [0.15, 0.2) is 0 Å². The average Bonchev–Trinajstić information content (AvgIpc) is 3.26. The lowest BCUT2D eigenvalue weighted by Crippen LogP contribution is -2.59. The van der Waals surface area contributed by atoms with Crippen molar-refractivity contribution in [2.75, 3.05) is 25.0 Å². The zero-order chi connectivity index (χ0) is 17.6. The summed E-state index contributed by atoms with van der Waals surface area (Å²) in [5.41, 5.74) is 1.02. The number of hydrogen-bond acceptors (Lipinski definition) is 5. The molecule has 0 radical (unpaired) electrons. The molecule has 2 saturated heterocycles. The first-order chi connectivity index (χ1) is 12.7. The number of piperidine rings is 1. The first kappa shape index (κ1) is 16.3. The van der Waals surface area contributed by atoms with Gasteiger partial charge in [0.05, 0.1) is 17.8 Å². The molecule has 1 atom stereocenters. The third kappa shape index (κ3) is 2.82. The number of fused-ring (bicyclic) bond motifs is 1. The van der Waals surface area contributed by atoms with Crippen molar-refractivity contribution in [1.82, 2.24) is 10.2 Å². The third-order valence-corrected chi connectivity index (χ3v) is 6.74. The molecule has 2 spiro atoms. The molecule has 5 rings (SSSR count). The highest BCUT2D eigenvalue weighted by Gasteiger charge is 2.53. The van der Waals surface area contributed by atoms with E-state index in [9.17, 15) is 4.79 Å². The molecule has 0 unspecified atom stereocenters. The fourth-order valence-electron chi connectivity index (χ4n) is 4.52. The Balaban J connectivity index is 1.27. The zero-order valence-corrected chi connectivity index (χ0v) is 15.5. The van der Waals surface area contributed by atoms with E-state index in [-0.39, 0.29) is 11.5 Å². The maximum atomic E-state index is 12.5. The van der Waals surface area contributed by atoms with Gasteiger partial charge in [-0.1, -0.05) is 18.2 Å². The van der Waals surface area contributed by atoms with Crippen molar-refractivity contribution in [3.63, 3.8) is 0 Å². The van der Waals surface area contributed by atoms with Crippen molar-refractivity contribution in [3.8, 4) is 0 Å². The number of ether oxygens (including phenoxy) is 1. The monoisotopic (exact) mass is 369 g/mol. The van der Waals surface area contributed by atoms with E-state index in [4.69, 9.17) is 4.74 Å². The van der Waals surface area contributed by atoms with Crippen LogP contribution in [0, 0.1) is 0 Å². The van der Waals surface area contributed by atoms with Crippen LogP contribution in [0.2, 0.25) is 0 Å². The number of hydrogen-bond donors (Lipinski definition) is 2. The highest BCUT2D eigenvalue weighted by molar-refractivity contribution is 7.09. The van der Waals surface area contributed by atoms with Crippen LogP contribution in [0.3, 0.4) is 0 Å². The lowest BCUT2D eigenvalue weighted by molar-refractivity contribution is -0.0451. The van der Waals surface area contributed by atoms with E-state index in [1.807, 2.05) is 35.6 Å². The Hall–Kier alpha value is -1.89. The molecule has 1 aromatic carbocycles. The van der Waals surface area contributed by atoms with Gasteiger partial charge in [-0.05, 0) is 36.4 Å². The summed E-state index contributed by atoms with van der Waals surface area (Å²) in [7, 11) is 0. The van der Waals surface area contributed by atoms with Gasteiger partial charge in [0, 0.05) is 36.6 Å². The lowest BCUT2D eigenvalue weighted by Gasteiger charge is -2.41. The third-order valence-electron chi connectivity index (χ3n) is 5.87. The largest absolute Gasteiger partial charge is 0.370 e. The van der Waals surface area contributed by atoms with Gasteiger partial charge in [0.2, 0.25) is 0 Å². The molecule has 2 N–H and O–H groups in total. The van der Waals surface area contributed by atoms with Gasteiger partial charge >= 0.3 is 0 Å². The fraction of sp³-hybridized carbons (Fsp3) is 0.450. The minimum Gasteiger partial charge on any atom is -0.370 e. The van der Waals surface area contributed by atoms with Crippen molar-refractivity contribution >= 4 is 22.9 Å². The molecule has 0 saturated carbocycles. The summed E-state index contributed by atoms with van der Waals surface area (Å²) in [6.45, 7) is 3.64. The van der Waals surface area contributed by atoms with Gasteiger partial charge in [0.25, 0.3) is 5.91 Å². The van der Waals surface area contributed by atoms with Gasteiger partial charge in [-0.2, -0.15) is 0 Å². The smallest absolute Gasteiger partial charge is 0.255 e. The average molecular weight is 369 g/mol. The lowest BCUT2D eigenvalue weighted by atomic mass is 9.84. The second-order valence-corrected chi connectivity index (χ2v) is 8.74. The summed E-state index contributed by atoms with van der Waals surface area (Å²) in [6.07, 6.45) is 2.85. The van der Waals surface area contributed by atoms with Crippen molar-refractivity contribution in [3.05, 3.63) is 52.2 Å². The first-order valence-electron chi connectivity index (χ1n) is 9.24. The van der Waals surface area contributed by atoms with Crippen molar-refractivity contribution in [2.45, 2.75) is 37.1 Å². The Morgan fingerprint density at radius 2 is 1.96 bits per heavy atom. The molecule has 3 aliphatic heterocycles. The van der Waals surface area contributed by atoms with Crippen LogP contribution in [0.4, 0.5) is 5.69 Å². The summed E-state index contributed by atoms with van der Waals surface area (Å²) in [5, 5.41) is 8.87. The second kappa shape index (κ2) is 6.08. The molecule has 26 heavy (non-hydrogen) atoms. The molecule has 6 heteroatoms. The quantitative estimate of drug-likeness (QED) is 0.854. The zero-order valence-electron chi connectivity index (χ0n) is 14.7. The first-order valence-corrected chi connectivity index (χ1v) is 10.1. The van der Waals surface area contributed by atoms with E-state index < -0.39 is 5.66 Å². The van der Waals surface area contributed by atoms with Gasteiger partial charge in [-0.15, -0.1) is 11.3 Å². The van der Waals surface area contributed by atoms with Crippen LogP contribution in [-0.4, -0.2) is 41.8 Å². The van der Waals surface area contributed by atoms with E-state index >= 15 is 0 Å². The van der Waals surface area contributed by atoms with Gasteiger partial charge in [0.1, 0.15) is 5.66 Å². The number of thiophene rings is 1. The normalized spacial score (nSPS) is 27.3. The Morgan fingerprint density at radius 3 is 2.77 bits per heavy atom. The van der Waals surface area contributed by atoms with Gasteiger partial charge in [-0.25, -0.2) is 0 Å². The van der Waals surface area contributed by atoms with Crippen molar-refractivity contribution < 1.29 is 9.53 Å². The standard InChI is InChI=1S/C20H23N3O2S/c24-18-16-5-1-2-6-17(16)21-20(22-18)13-19(25-14-20)7-9-23(10-8-19)12-15-4-3-11-26-15/h1-6,11,21H,7-10,12-14H2,(H,22,24)/t20-/m1/s1. The highest BCUT2D eigenvalue weighted by atomic mass is 32.1. The predicted octanol–water partition coefficient (Wildman–Crippen LogP) is 3.05. The topological polar surface area (TPSA) is 53.6 Å². The van der Waals surface area contributed by atoms with E-state index in [2.05, 4.69) is 33.0 Å². The summed E-state index contributed by atoms with van der Waals surface area (Å²) in [5.74, 6) is -0.00451. The van der Waals surface area contributed by atoms with Crippen LogP contribution >= 0.6 is 11.3 Å². The maximum Gasteiger partial charge on any atom is 0.255 e. The van der Waals surface area contributed by atoms with Crippen LogP contribution in [0.5, 0.6) is 0 Å². The number of nitrogens with one attached hydrogen (secondary N) is 2. The Morgan fingerprint density at radius 1 is 1.12 bits per heavy atom. The summed E-state index contributed by atoms with van der Waals surface area (Å²) < 4.78 is 6.32. The fourth-order valence-corrected chi connectivity index (χ4v) is 5.26. The number of carbonyl (C=O) groups excluding carboxylic acids is 1. The van der Waals surface area contributed by atoms with Crippen LogP contribution in [-0.2, 0) is 11.3 Å². The molecule has 3 aliphatic rings. The van der Waals surface area contributed by atoms with Crippen LogP contribution in [0.15, 0.2) is 41.8 Å². The molecule has 4 heterocycles. The molecule has 0 bridgehead atoms. The maximum absolute atomic E-state index is 12.5. The van der Waals surface area contributed by atoms with E-state index in [1.165, 1.54) is 4.88 Å². The predicted molar refractivity (Wildman–Crippen MR) is 102 cm³/mol. The molecule has 1 amide bonds. The summed E-state index contributed by atoms with van der Waals surface area (Å²) in [6, 6.07) is 12.0. The van der Waals surface area contributed by atoms with Crippen LogP contribution in [0.1, 0.15) is 34.5 Å². The molecular weight excluding hydrogens is 346 g/mol. The van der Waals surface area contributed by atoms with Gasteiger partial charge < -0.3 is 15.4 Å². The molecular formula is C20H23N3O2S. The SMILES string of the molecule is O=C1N[C@]2(COC3(CCN(Cc4cccs4)CC3)C2)Nc2ccccc21. The number of rotatable bonds is 2. The number of nitrogens with zero attached hydrogens (tertiary/aromatic N) is 1. The van der Waals surface area contributed by atoms with Gasteiger partial charge in [-0.3, -0.25) is 9.69 Å². The number of likely N-dealkylation sites (tertiary alicyclic amines) is 1. The van der Waals surface area contributed by atoms with E-state index in [0.717, 1.165) is 44.6 Å². The Labute approximate surface area is 157 Å². The molecule has 0 aliphatic carbocycles. The number of carbonyl (C=O) groups is 1. The Kier molecular flexibility index (Phi) is 3.81. The number of anilines is 1. The highest BCUT2D eigenvalue weighted by Crippen LogP contribution is 2.43. The molecule has 136 valence electrons.